The van der Waals surface area contributed by atoms with Crippen molar-refractivity contribution in [1.82, 2.24) is 9.97 Å². The molecule has 0 aliphatic heterocycles. The van der Waals surface area contributed by atoms with Crippen LogP contribution in [0.5, 0.6) is 0 Å². The van der Waals surface area contributed by atoms with Crippen LogP contribution < -0.4 is 5.73 Å². The van der Waals surface area contributed by atoms with Crippen LogP contribution in [-0.4, -0.2) is 15.9 Å². The molecule has 2 aromatic carbocycles. The van der Waals surface area contributed by atoms with Crippen molar-refractivity contribution >= 4 is 28.0 Å². The Kier molecular flexibility index (Phi) is 2.41. The number of fused-ring (bicyclic) bond motifs is 2. The minimum Gasteiger partial charge on any atom is -0.369 e. The van der Waals surface area contributed by atoms with Gasteiger partial charge in [-0.2, -0.15) is 0 Å². The highest BCUT2D eigenvalue weighted by atomic mass is 16.1. The highest BCUT2D eigenvalue weighted by molar-refractivity contribution is 5.87. The molecule has 0 saturated carbocycles. The summed E-state index contributed by atoms with van der Waals surface area (Å²) in [6, 6.07) is 13.3. The van der Waals surface area contributed by atoms with Crippen molar-refractivity contribution in [2.45, 2.75) is 6.42 Å². The Morgan fingerprint density at radius 1 is 0.944 bits per heavy atom. The van der Waals surface area contributed by atoms with E-state index < -0.39 is 0 Å². The largest absolute Gasteiger partial charge is 0.369 e. The van der Waals surface area contributed by atoms with Crippen molar-refractivity contribution in [3.63, 3.8) is 0 Å². The van der Waals surface area contributed by atoms with Gasteiger partial charge in [0.15, 0.2) is 0 Å². The SMILES string of the molecule is NC(=O)Cc1ccc2nc3ccccc3nc2c1. The molecule has 1 aromatic heterocycles. The van der Waals surface area contributed by atoms with E-state index in [0.717, 1.165) is 27.6 Å². The number of carbonyl (C=O) groups excluding carboxylic acids is 1. The van der Waals surface area contributed by atoms with Crippen LogP contribution in [0, 0.1) is 0 Å². The molecule has 2 N–H and O–H groups in total. The zero-order valence-corrected chi connectivity index (χ0v) is 9.63. The molecule has 18 heavy (non-hydrogen) atoms. The van der Waals surface area contributed by atoms with Gasteiger partial charge in [0.25, 0.3) is 0 Å². The summed E-state index contributed by atoms with van der Waals surface area (Å²) in [5.41, 5.74) is 9.37. The van der Waals surface area contributed by atoms with Gasteiger partial charge in [-0.25, -0.2) is 9.97 Å². The van der Waals surface area contributed by atoms with Gasteiger partial charge >= 0.3 is 0 Å². The Morgan fingerprint density at radius 3 is 2.22 bits per heavy atom. The lowest BCUT2D eigenvalue weighted by atomic mass is 10.1. The first-order valence-electron chi connectivity index (χ1n) is 5.66. The topological polar surface area (TPSA) is 68.9 Å². The minimum absolute atomic E-state index is 0.227. The Balaban J connectivity index is 2.20. The summed E-state index contributed by atoms with van der Waals surface area (Å²) in [4.78, 5) is 20.0. The normalized spacial score (nSPS) is 10.9. The molecule has 4 heteroatoms. The zero-order valence-electron chi connectivity index (χ0n) is 9.63. The standard InChI is InChI=1S/C14H11N3O/c15-14(18)8-9-5-6-12-13(7-9)17-11-4-2-1-3-10(11)16-12/h1-7H,8H2,(H2,15,18). The van der Waals surface area contributed by atoms with Gasteiger partial charge in [0.2, 0.25) is 5.91 Å². The number of nitrogens with two attached hydrogens (primary N) is 1. The molecule has 1 amide bonds. The molecule has 0 unspecified atom stereocenters. The highest BCUT2D eigenvalue weighted by Crippen LogP contribution is 2.17. The molecule has 0 aliphatic carbocycles. The monoisotopic (exact) mass is 237 g/mol. The van der Waals surface area contributed by atoms with Crippen molar-refractivity contribution < 1.29 is 4.79 Å². The molecule has 0 bridgehead atoms. The molecular weight excluding hydrogens is 226 g/mol. The van der Waals surface area contributed by atoms with E-state index in [0.29, 0.717) is 0 Å². The smallest absolute Gasteiger partial charge is 0.221 e. The van der Waals surface area contributed by atoms with Crippen molar-refractivity contribution in [2.75, 3.05) is 0 Å². The first-order valence-corrected chi connectivity index (χ1v) is 5.66. The van der Waals surface area contributed by atoms with Gasteiger partial charge in [-0.15, -0.1) is 0 Å². The molecule has 0 fully saturated rings. The summed E-state index contributed by atoms with van der Waals surface area (Å²) in [6.07, 6.45) is 0.227. The second kappa shape index (κ2) is 4.07. The van der Waals surface area contributed by atoms with E-state index in [1.165, 1.54) is 0 Å². The molecule has 4 nitrogen and oxygen atoms in total. The van der Waals surface area contributed by atoms with Crippen LogP contribution in [0.1, 0.15) is 5.56 Å². The van der Waals surface area contributed by atoms with Crippen molar-refractivity contribution in [1.29, 1.82) is 0 Å². The summed E-state index contributed by atoms with van der Waals surface area (Å²) < 4.78 is 0. The van der Waals surface area contributed by atoms with E-state index in [2.05, 4.69) is 9.97 Å². The van der Waals surface area contributed by atoms with Gasteiger partial charge in [-0.3, -0.25) is 4.79 Å². The Bertz CT molecular complexity index is 752. The second-order valence-electron chi connectivity index (χ2n) is 4.18. The number of hydrogen-bond acceptors (Lipinski definition) is 3. The van der Waals surface area contributed by atoms with Crippen molar-refractivity contribution in [3.05, 3.63) is 48.0 Å². The lowest BCUT2D eigenvalue weighted by molar-refractivity contribution is -0.117. The van der Waals surface area contributed by atoms with Crippen molar-refractivity contribution in [2.24, 2.45) is 5.73 Å². The molecule has 88 valence electrons. The molecule has 0 aliphatic rings. The lowest BCUT2D eigenvalue weighted by Crippen LogP contribution is -2.13. The molecule has 1 heterocycles. The number of primary amides is 1. The number of rotatable bonds is 2. The van der Waals surface area contributed by atoms with Gasteiger partial charge in [-0.1, -0.05) is 18.2 Å². The van der Waals surface area contributed by atoms with Crippen LogP contribution in [0.3, 0.4) is 0 Å². The maximum Gasteiger partial charge on any atom is 0.221 e. The van der Waals surface area contributed by atoms with Crippen molar-refractivity contribution in [3.8, 4) is 0 Å². The predicted molar refractivity (Wildman–Crippen MR) is 69.9 cm³/mol. The fourth-order valence-corrected chi connectivity index (χ4v) is 1.98. The third kappa shape index (κ3) is 1.88. The Labute approximate surface area is 103 Å². The molecule has 0 atom stereocenters. The predicted octanol–water partition coefficient (Wildman–Crippen LogP) is 1.81. The average Bonchev–Trinajstić information content (AvgIpc) is 2.35. The summed E-state index contributed by atoms with van der Waals surface area (Å²) in [6.45, 7) is 0. The molecule has 0 saturated heterocycles. The summed E-state index contributed by atoms with van der Waals surface area (Å²) in [5.74, 6) is -0.344. The van der Waals surface area contributed by atoms with Gasteiger partial charge in [0.05, 0.1) is 28.5 Å². The number of nitrogens with zero attached hydrogens (tertiary/aromatic N) is 2. The third-order valence-electron chi connectivity index (χ3n) is 2.78. The van der Waals surface area contributed by atoms with Crippen LogP contribution in [0.15, 0.2) is 42.5 Å². The number of amides is 1. The first-order chi connectivity index (χ1) is 8.72. The summed E-state index contributed by atoms with van der Waals surface area (Å²) in [5, 5.41) is 0. The van der Waals surface area contributed by atoms with Gasteiger partial charge in [0, 0.05) is 0 Å². The number of para-hydroxylation sites is 2. The van der Waals surface area contributed by atoms with Crippen LogP contribution in [0.25, 0.3) is 22.1 Å². The van der Waals surface area contributed by atoms with E-state index in [-0.39, 0.29) is 12.3 Å². The summed E-state index contributed by atoms with van der Waals surface area (Å²) >= 11 is 0. The van der Waals surface area contributed by atoms with Crippen LogP contribution in [0.4, 0.5) is 0 Å². The fraction of sp³-hybridized carbons (Fsp3) is 0.0714. The molecule has 0 spiro atoms. The highest BCUT2D eigenvalue weighted by Gasteiger charge is 2.04. The number of carbonyl (C=O) groups is 1. The number of aromatic nitrogens is 2. The average molecular weight is 237 g/mol. The van der Waals surface area contributed by atoms with E-state index in [1.807, 2.05) is 42.5 Å². The Hall–Kier alpha value is -2.49. The minimum atomic E-state index is -0.344. The van der Waals surface area contributed by atoms with E-state index >= 15 is 0 Å². The molecule has 0 radical (unpaired) electrons. The van der Waals surface area contributed by atoms with E-state index in [1.54, 1.807) is 0 Å². The maximum atomic E-state index is 10.9. The second-order valence-corrected chi connectivity index (χ2v) is 4.18. The number of hydrogen-bond donors (Lipinski definition) is 1. The van der Waals surface area contributed by atoms with Crippen LogP contribution >= 0.6 is 0 Å². The first kappa shape index (κ1) is 10.7. The Morgan fingerprint density at radius 2 is 1.56 bits per heavy atom. The number of benzene rings is 2. The zero-order chi connectivity index (χ0) is 12.5. The van der Waals surface area contributed by atoms with Crippen LogP contribution in [-0.2, 0) is 11.2 Å². The van der Waals surface area contributed by atoms with E-state index in [9.17, 15) is 4.79 Å². The van der Waals surface area contributed by atoms with Gasteiger partial charge in [-0.05, 0) is 29.8 Å². The fourth-order valence-electron chi connectivity index (χ4n) is 1.98. The third-order valence-corrected chi connectivity index (χ3v) is 2.78. The maximum absolute atomic E-state index is 10.9. The quantitative estimate of drug-likeness (QED) is 0.691. The summed E-state index contributed by atoms with van der Waals surface area (Å²) in [7, 11) is 0. The van der Waals surface area contributed by atoms with E-state index in [4.69, 9.17) is 5.73 Å². The van der Waals surface area contributed by atoms with Crippen LogP contribution in [0.2, 0.25) is 0 Å². The molecule has 3 aromatic rings. The molecule has 3 rings (SSSR count). The molecular formula is C14H11N3O. The van der Waals surface area contributed by atoms with Gasteiger partial charge < -0.3 is 5.73 Å². The van der Waals surface area contributed by atoms with Gasteiger partial charge in [0.1, 0.15) is 0 Å². The lowest BCUT2D eigenvalue weighted by Gasteiger charge is -2.03.